The van der Waals surface area contributed by atoms with Crippen LogP contribution >= 0.6 is 24.0 Å². The monoisotopic (exact) mass is 504 g/mol. The Bertz CT molecular complexity index is 592. The maximum absolute atomic E-state index is 5.47. The van der Waals surface area contributed by atoms with E-state index in [1.807, 2.05) is 18.2 Å². The van der Waals surface area contributed by atoms with Crippen LogP contribution in [0.25, 0.3) is 0 Å². The fourth-order valence-electron chi connectivity index (χ4n) is 3.41. The lowest BCUT2D eigenvalue weighted by molar-refractivity contribution is 0.201. The van der Waals surface area contributed by atoms with Gasteiger partial charge < -0.3 is 25.0 Å². The first-order valence-electron chi connectivity index (χ1n) is 10.1. The molecule has 1 aromatic carbocycles. The molecule has 1 heterocycles. The number of methoxy groups -OCH3 is 2. The zero-order chi connectivity index (χ0) is 19.5. The van der Waals surface area contributed by atoms with E-state index < -0.39 is 0 Å². The second-order valence-electron chi connectivity index (χ2n) is 7.22. The summed E-state index contributed by atoms with van der Waals surface area (Å²) < 4.78 is 10.7. The number of guanidine groups is 1. The highest BCUT2D eigenvalue weighted by molar-refractivity contribution is 14.0. The number of hydrogen-bond acceptors (Lipinski definition) is 4. The molecule has 2 N–H and O–H groups in total. The van der Waals surface area contributed by atoms with Gasteiger partial charge in [0.1, 0.15) is 11.5 Å². The molecule has 1 atom stereocenters. The van der Waals surface area contributed by atoms with Crippen LogP contribution < -0.4 is 20.1 Å². The highest BCUT2D eigenvalue weighted by atomic mass is 127. The Balaban J connectivity index is 0.00000392. The number of nitrogens with zero attached hydrogens (tertiary/aromatic N) is 2. The quantitative estimate of drug-likeness (QED) is 0.306. The summed E-state index contributed by atoms with van der Waals surface area (Å²) in [6.45, 7) is 10.3. The summed E-state index contributed by atoms with van der Waals surface area (Å²) in [4.78, 5) is 7.31. The van der Waals surface area contributed by atoms with Crippen LogP contribution in [0, 0.1) is 5.92 Å². The largest absolute Gasteiger partial charge is 0.497 e. The van der Waals surface area contributed by atoms with Crippen molar-refractivity contribution in [3.05, 3.63) is 23.8 Å². The molecule has 0 amide bonds. The molecule has 1 saturated heterocycles. The van der Waals surface area contributed by atoms with Crippen molar-refractivity contribution in [3.63, 3.8) is 0 Å². The van der Waals surface area contributed by atoms with E-state index >= 15 is 0 Å². The molecule has 1 fully saturated rings. The molecule has 1 aliphatic rings. The minimum Gasteiger partial charge on any atom is -0.497 e. The maximum Gasteiger partial charge on any atom is 0.191 e. The summed E-state index contributed by atoms with van der Waals surface area (Å²) in [5.41, 5.74) is 1.04. The topological polar surface area (TPSA) is 58.1 Å². The van der Waals surface area contributed by atoms with Gasteiger partial charge in [-0.15, -0.1) is 24.0 Å². The number of ether oxygens (including phenoxy) is 2. The van der Waals surface area contributed by atoms with Crippen molar-refractivity contribution in [3.8, 4) is 11.5 Å². The zero-order valence-electron chi connectivity index (χ0n) is 17.8. The number of benzene rings is 1. The highest BCUT2D eigenvalue weighted by Crippen LogP contribution is 2.25. The SMILES string of the molecule is CCNC(=NCc1ccc(OC)cc1OC)NCC(C)CN1CCCCC1.I. The Morgan fingerprint density at radius 1 is 1.14 bits per heavy atom. The minimum atomic E-state index is 0. The second-order valence-corrected chi connectivity index (χ2v) is 7.22. The highest BCUT2D eigenvalue weighted by Gasteiger charge is 2.13. The van der Waals surface area contributed by atoms with Gasteiger partial charge in [-0.05, 0) is 50.9 Å². The van der Waals surface area contributed by atoms with Gasteiger partial charge in [-0.1, -0.05) is 13.3 Å². The standard InChI is InChI=1S/C21H36N4O2.HI/c1-5-22-21(23-14-17(2)16-25-11-7-6-8-12-25)24-15-18-9-10-19(26-3)13-20(18)27-4;/h9-10,13,17H,5-8,11-12,14-16H2,1-4H3,(H2,22,23,24);1H. The number of likely N-dealkylation sites (tertiary alicyclic amines) is 1. The van der Waals surface area contributed by atoms with E-state index in [4.69, 9.17) is 14.5 Å². The summed E-state index contributed by atoms with van der Waals surface area (Å²) in [5.74, 6) is 3.02. The van der Waals surface area contributed by atoms with Crippen LogP contribution in [0.5, 0.6) is 11.5 Å². The van der Waals surface area contributed by atoms with Crippen molar-refractivity contribution in [1.82, 2.24) is 15.5 Å². The fourth-order valence-corrected chi connectivity index (χ4v) is 3.41. The van der Waals surface area contributed by atoms with Crippen LogP contribution in [-0.4, -0.2) is 57.8 Å². The van der Waals surface area contributed by atoms with E-state index in [0.29, 0.717) is 12.5 Å². The van der Waals surface area contributed by atoms with E-state index in [1.54, 1.807) is 14.2 Å². The molecule has 6 nitrogen and oxygen atoms in total. The molecule has 0 spiro atoms. The molecule has 1 unspecified atom stereocenters. The van der Waals surface area contributed by atoms with Crippen LogP contribution in [-0.2, 0) is 6.54 Å². The second kappa shape index (κ2) is 13.9. The first kappa shape index (κ1) is 24.8. The molecule has 0 aromatic heterocycles. The summed E-state index contributed by atoms with van der Waals surface area (Å²) in [6, 6.07) is 5.84. The molecule has 0 saturated carbocycles. The number of piperidine rings is 1. The zero-order valence-corrected chi connectivity index (χ0v) is 20.1. The predicted molar refractivity (Wildman–Crippen MR) is 127 cm³/mol. The Kier molecular flexibility index (Phi) is 12.3. The summed E-state index contributed by atoms with van der Waals surface area (Å²) in [5, 5.41) is 6.82. The van der Waals surface area contributed by atoms with Crippen molar-refractivity contribution in [1.29, 1.82) is 0 Å². The van der Waals surface area contributed by atoms with Gasteiger partial charge in [-0.2, -0.15) is 0 Å². The molecule has 160 valence electrons. The Morgan fingerprint density at radius 2 is 1.89 bits per heavy atom. The first-order valence-corrected chi connectivity index (χ1v) is 10.1. The third kappa shape index (κ3) is 8.43. The van der Waals surface area contributed by atoms with Gasteiger partial charge in [0.2, 0.25) is 0 Å². The van der Waals surface area contributed by atoms with E-state index in [0.717, 1.165) is 42.7 Å². The first-order chi connectivity index (χ1) is 13.2. The third-order valence-electron chi connectivity index (χ3n) is 4.88. The van der Waals surface area contributed by atoms with E-state index in [2.05, 4.69) is 29.4 Å². The Morgan fingerprint density at radius 3 is 2.54 bits per heavy atom. The summed E-state index contributed by atoms with van der Waals surface area (Å²) in [6.07, 6.45) is 4.07. The van der Waals surface area contributed by atoms with Crippen LogP contribution in [0.1, 0.15) is 38.7 Å². The van der Waals surface area contributed by atoms with Gasteiger partial charge in [-0.25, -0.2) is 4.99 Å². The molecule has 2 rings (SSSR count). The van der Waals surface area contributed by atoms with Crippen LogP contribution in [0.15, 0.2) is 23.2 Å². The van der Waals surface area contributed by atoms with Crippen molar-refractivity contribution < 1.29 is 9.47 Å². The van der Waals surface area contributed by atoms with Crippen molar-refractivity contribution in [2.24, 2.45) is 10.9 Å². The fraction of sp³-hybridized carbons (Fsp3) is 0.667. The number of aliphatic imine (C=N–C) groups is 1. The van der Waals surface area contributed by atoms with Crippen molar-refractivity contribution in [2.75, 3.05) is 46.9 Å². The molecule has 0 aliphatic carbocycles. The lowest BCUT2D eigenvalue weighted by atomic mass is 10.1. The Hall–Kier alpha value is -1.22. The normalized spacial score (nSPS) is 16.1. The summed E-state index contributed by atoms with van der Waals surface area (Å²) in [7, 11) is 3.33. The van der Waals surface area contributed by atoms with Gasteiger partial charge in [0.05, 0.1) is 20.8 Å². The average molecular weight is 504 g/mol. The number of rotatable bonds is 9. The lowest BCUT2D eigenvalue weighted by Crippen LogP contribution is -2.42. The van der Waals surface area contributed by atoms with E-state index in [9.17, 15) is 0 Å². The number of nitrogens with one attached hydrogen (secondary N) is 2. The van der Waals surface area contributed by atoms with Gasteiger partial charge in [0.25, 0.3) is 0 Å². The van der Waals surface area contributed by atoms with Gasteiger partial charge >= 0.3 is 0 Å². The maximum atomic E-state index is 5.47. The van der Waals surface area contributed by atoms with Crippen LogP contribution in [0.2, 0.25) is 0 Å². The molecular formula is C21H37IN4O2. The van der Waals surface area contributed by atoms with Gasteiger partial charge in [-0.3, -0.25) is 0 Å². The van der Waals surface area contributed by atoms with Crippen LogP contribution in [0.3, 0.4) is 0 Å². The van der Waals surface area contributed by atoms with E-state index in [-0.39, 0.29) is 24.0 Å². The van der Waals surface area contributed by atoms with E-state index in [1.165, 1.54) is 32.4 Å². The molecule has 1 aromatic rings. The van der Waals surface area contributed by atoms with Crippen molar-refractivity contribution in [2.45, 2.75) is 39.7 Å². The van der Waals surface area contributed by atoms with Crippen molar-refractivity contribution >= 4 is 29.9 Å². The number of halogens is 1. The van der Waals surface area contributed by atoms with Gasteiger partial charge in [0, 0.05) is 31.3 Å². The third-order valence-corrected chi connectivity index (χ3v) is 4.88. The molecule has 1 aliphatic heterocycles. The lowest BCUT2D eigenvalue weighted by Gasteiger charge is -2.29. The molecule has 0 bridgehead atoms. The molecule has 7 heteroatoms. The molecule has 0 radical (unpaired) electrons. The molecule has 28 heavy (non-hydrogen) atoms. The molecular weight excluding hydrogens is 467 g/mol. The average Bonchev–Trinajstić information content (AvgIpc) is 2.70. The number of hydrogen-bond donors (Lipinski definition) is 2. The van der Waals surface area contributed by atoms with Crippen LogP contribution in [0.4, 0.5) is 0 Å². The smallest absolute Gasteiger partial charge is 0.191 e. The Labute approximate surface area is 187 Å². The minimum absolute atomic E-state index is 0. The predicted octanol–water partition coefficient (Wildman–Crippen LogP) is 3.50. The summed E-state index contributed by atoms with van der Waals surface area (Å²) >= 11 is 0. The van der Waals surface area contributed by atoms with Gasteiger partial charge in [0.15, 0.2) is 5.96 Å².